The number of amides is 1. The van der Waals surface area contributed by atoms with Gasteiger partial charge >= 0.3 is 0 Å². The zero-order chi connectivity index (χ0) is 17.4. The quantitative estimate of drug-likeness (QED) is 0.884. The smallest absolute Gasteiger partial charge is 0.223 e. The van der Waals surface area contributed by atoms with Crippen molar-refractivity contribution in [1.82, 2.24) is 10.2 Å². The van der Waals surface area contributed by atoms with Crippen LogP contribution in [0, 0.1) is 5.92 Å². The van der Waals surface area contributed by atoms with Crippen LogP contribution in [0.1, 0.15) is 57.8 Å². The lowest BCUT2D eigenvalue weighted by Crippen LogP contribution is -2.41. The number of furan rings is 1. The Labute approximate surface area is 149 Å². The van der Waals surface area contributed by atoms with E-state index in [-0.39, 0.29) is 11.9 Å². The van der Waals surface area contributed by atoms with Gasteiger partial charge in [0.05, 0.1) is 6.04 Å². The van der Waals surface area contributed by atoms with Crippen molar-refractivity contribution in [3.63, 3.8) is 0 Å². The summed E-state index contributed by atoms with van der Waals surface area (Å²) in [5, 5.41) is 4.76. The highest BCUT2D eigenvalue weighted by Gasteiger charge is 2.35. The molecule has 3 unspecified atom stereocenters. The number of piperidine rings is 1. The summed E-state index contributed by atoms with van der Waals surface area (Å²) in [6, 6.07) is 11.4. The molecule has 3 heterocycles. The Kier molecular flexibility index (Phi) is 4.55. The highest BCUT2D eigenvalue weighted by Crippen LogP contribution is 2.34. The van der Waals surface area contributed by atoms with Gasteiger partial charge in [0.25, 0.3) is 0 Å². The van der Waals surface area contributed by atoms with Gasteiger partial charge in [0.15, 0.2) is 0 Å². The van der Waals surface area contributed by atoms with Crippen LogP contribution in [0.15, 0.2) is 34.7 Å². The molecule has 1 N–H and O–H groups in total. The second-order valence-electron chi connectivity index (χ2n) is 7.72. The lowest BCUT2D eigenvalue weighted by Gasteiger charge is -2.32. The SMILES string of the molecule is CCN(C(=O)CC1CC2CCC(C1)N2)C(C)c1cc2ccccc2o1. The standard InChI is InChI=1S/C21H28N2O2/c1-3-23(14(2)20-13-16-6-4-5-7-19(16)25-20)21(24)12-15-10-17-8-9-18(11-15)22-17/h4-7,13-15,17-18,22H,3,8-12H2,1-2H3. The lowest BCUT2D eigenvalue weighted by atomic mass is 9.89. The Hall–Kier alpha value is -1.81. The van der Waals surface area contributed by atoms with Crippen molar-refractivity contribution in [3.05, 3.63) is 36.1 Å². The number of carbonyl (C=O) groups excluding carboxylic acids is 1. The molecule has 0 radical (unpaired) electrons. The number of hydrogen-bond acceptors (Lipinski definition) is 3. The molecule has 2 aromatic rings. The second kappa shape index (κ2) is 6.83. The van der Waals surface area contributed by atoms with E-state index in [1.54, 1.807) is 0 Å². The molecule has 25 heavy (non-hydrogen) atoms. The van der Waals surface area contributed by atoms with Crippen LogP contribution in [0.25, 0.3) is 11.0 Å². The number of hydrogen-bond donors (Lipinski definition) is 1. The third-order valence-electron chi connectivity index (χ3n) is 6.02. The maximum atomic E-state index is 13.0. The van der Waals surface area contributed by atoms with Crippen molar-refractivity contribution in [2.75, 3.05) is 6.54 Å². The van der Waals surface area contributed by atoms with Crippen molar-refractivity contribution < 1.29 is 9.21 Å². The van der Waals surface area contributed by atoms with Gasteiger partial charge in [-0.3, -0.25) is 4.79 Å². The Morgan fingerprint density at radius 3 is 2.68 bits per heavy atom. The molecule has 4 rings (SSSR count). The first kappa shape index (κ1) is 16.6. The topological polar surface area (TPSA) is 45.5 Å². The number of benzene rings is 1. The largest absolute Gasteiger partial charge is 0.459 e. The summed E-state index contributed by atoms with van der Waals surface area (Å²) in [4.78, 5) is 14.9. The van der Waals surface area contributed by atoms with Gasteiger partial charge in [-0.15, -0.1) is 0 Å². The fourth-order valence-electron chi connectivity index (χ4n) is 4.73. The Bertz CT molecular complexity index is 708. The predicted molar refractivity (Wildman–Crippen MR) is 99.3 cm³/mol. The summed E-state index contributed by atoms with van der Waals surface area (Å²) in [6.07, 6.45) is 5.54. The summed E-state index contributed by atoms with van der Waals surface area (Å²) in [5.74, 6) is 1.67. The minimum Gasteiger partial charge on any atom is -0.459 e. The van der Waals surface area contributed by atoms with E-state index >= 15 is 0 Å². The molecule has 4 nitrogen and oxygen atoms in total. The van der Waals surface area contributed by atoms with Crippen molar-refractivity contribution in [2.24, 2.45) is 5.92 Å². The number of nitrogens with one attached hydrogen (secondary N) is 1. The second-order valence-corrected chi connectivity index (χ2v) is 7.72. The van der Waals surface area contributed by atoms with Crippen LogP contribution in [0.4, 0.5) is 0 Å². The minimum absolute atomic E-state index is 0.0247. The van der Waals surface area contributed by atoms with Gasteiger partial charge < -0.3 is 14.6 Å². The molecule has 2 aliphatic heterocycles. The average molecular weight is 340 g/mol. The first-order valence-corrected chi connectivity index (χ1v) is 9.68. The van der Waals surface area contributed by atoms with E-state index in [1.807, 2.05) is 23.1 Å². The molecule has 1 aromatic heterocycles. The zero-order valence-corrected chi connectivity index (χ0v) is 15.2. The third kappa shape index (κ3) is 3.32. The maximum Gasteiger partial charge on any atom is 0.223 e. The number of nitrogens with zero attached hydrogens (tertiary/aromatic N) is 1. The van der Waals surface area contributed by atoms with E-state index in [2.05, 4.69) is 31.3 Å². The molecule has 4 heteroatoms. The zero-order valence-electron chi connectivity index (χ0n) is 15.2. The van der Waals surface area contributed by atoms with E-state index in [9.17, 15) is 4.79 Å². The van der Waals surface area contributed by atoms with Gasteiger partial charge in [-0.2, -0.15) is 0 Å². The Morgan fingerprint density at radius 1 is 1.28 bits per heavy atom. The number of para-hydroxylation sites is 1. The van der Waals surface area contributed by atoms with E-state index in [0.717, 1.165) is 36.1 Å². The Morgan fingerprint density at radius 2 is 2.00 bits per heavy atom. The molecule has 2 aliphatic rings. The summed E-state index contributed by atoms with van der Waals surface area (Å²) >= 11 is 0. The van der Waals surface area contributed by atoms with Gasteiger partial charge in [-0.25, -0.2) is 0 Å². The van der Waals surface area contributed by atoms with Crippen LogP contribution in [0.5, 0.6) is 0 Å². The first-order valence-electron chi connectivity index (χ1n) is 9.68. The summed E-state index contributed by atoms with van der Waals surface area (Å²) in [5.41, 5.74) is 0.891. The molecule has 3 atom stereocenters. The molecular weight excluding hydrogens is 312 g/mol. The predicted octanol–water partition coefficient (Wildman–Crippen LogP) is 4.26. The van der Waals surface area contributed by atoms with E-state index in [4.69, 9.17) is 4.42 Å². The van der Waals surface area contributed by atoms with Crippen molar-refractivity contribution in [3.8, 4) is 0 Å². The third-order valence-corrected chi connectivity index (χ3v) is 6.02. The van der Waals surface area contributed by atoms with Crippen LogP contribution in [0.3, 0.4) is 0 Å². The normalized spacial score (nSPS) is 26.7. The fourth-order valence-corrected chi connectivity index (χ4v) is 4.73. The van der Waals surface area contributed by atoms with E-state index in [1.165, 1.54) is 12.8 Å². The van der Waals surface area contributed by atoms with Gasteiger partial charge in [0, 0.05) is 30.4 Å². The molecule has 1 aromatic carbocycles. The molecule has 2 saturated heterocycles. The molecule has 134 valence electrons. The van der Waals surface area contributed by atoms with E-state index in [0.29, 0.717) is 24.4 Å². The minimum atomic E-state index is -0.0247. The van der Waals surface area contributed by atoms with E-state index < -0.39 is 0 Å². The monoisotopic (exact) mass is 340 g/mol. The van der Waals surface area contributed by atoms with Gasteiger partial charge in [-0.1, -0.05) is 18.2 Å². The van der Waals surface area contributed by atoms with Crippen LogP contribution in [-0.2, 0) is 4.79 Å². The number of fused-ring (bicyclic) bond motifs is 3. The van der Waals surface area contributed by atoms with Crippen LogP contribution < -0.4 is 5.32 Å². The molecular formula is C21H28N2O2. The molecule has 2 bridgehead atoms. The average Bonchev–Trinajstić information content (AvgIpc) is 3.18. The highest BCUT2D eigenvalue weighted by molar-refractivity contribution is 5.79. The molecule has 0 saturated carbocycles. The van der Waals surface area contributed by atoms with Crippen LogP contribution in [-0.4, -0.2) is 29.4 Å². The van der Waals surface area contributed by atoms with Crippen LogP contribution >= 0.6 is 0 Å². The maximum absolute atomic E-state index is 13.0. The van der Waals surface area contributed by atoms with Gasteiger partial charge in [0.2, 0.25) is 5.91 Å². The molecule has 1 amide bonds. The summed E-state index contributed by atoms with van der Waals surface area (Å²) in [6.45, 7) is 4.85. The molecule has 0 spiro atoms. The van der Waals surface area contributed by atoms with Gasteiger partial charge in [0.1, 0.15) is 11.3 Å². The number of rotatable bonds is 5. The summed E-state index contributed by atoms with van der Waals surface area (Å²) < 4.78 is 5.99. The lowest BCUT2D eigenvalue weighted by molar-refractivity contribution is -0.134. The van der Waals surface area contributed by atoms with Crippen molar-refractivity contribution in [2.45, 2.75) is 64.1 Å². The Balaban J connectivity index is 1.45. The first-order chi connectivity index (χ1) is 12.1. The number of carbonyl (C=O) groups is 1. The highest BCUT2D eigenvalue weighted by atomic mass is 16.3. The van der Waals surface area contributed by atoms with Crippen LogP contribution in [0.2, 0.25) is 0 Å². The molecule has 2 fully saturated rings. The summed E-state index contributed by atoms with van der Waals surface area (Å²) in [7, 11) is 0. The molecule has 0 aliphatic carbocycles. The van der Waals surface area contributed by atoms with Crippen molar-refractivity contribution >= 4 is 16.9 Å². The van der Waals surface area contributed by atoms with Gasteiger partial charge in [-0.05, 0) is 57.6 Å². The fraction of sp³-hybridized carbons (Fsp3) is 0.571. The van der Waals surface area contributed by atoms with Crippen molar-refractivity contribution in [1.29, 1.82) is 0 Å².